The molecule has 2 heterocycles. The highest BCUT2D eigenvalue weighted by molar-refractivity contribution is 6.30. The lowest BCUT2D eigenvalue weighted by Crippen LogP contribution is -2.02. The van der Waals surface area contributed by atoms with E-state index < -0.39 is 0 Å². The van der Waals surface area contributed by atoms with Crippen molar-refractivity contribution in [2.45, 2.75) is 6.92 Å². The normalized spacial score (nSPS) is 10.9. The number of hydrogen-bond acceptors (Lipinski definition) is 7. The first-order valence-corrected chi connectivity index (χ1v) is 8.73. The molecule has 2 aromatic carbocycles. The van der Waals surface area contributed by atoms with Crippen LogP contribution >= 0.6 is 11.6 Å². The molecule has 0 amide bonds. The largest absolute Gasteiger partial charge is 0.497 e. The van der Waals surface area contributed by atoms with Gasteiger partial charge < -0.3 is 14.0 Å². The summed E-state index contributed by atoms with van der Waals surface area (Å²) in [5.41, 5.74) is 2.69. The van der Waals surface area contributed by atoms with E-state index in [9.17, 15) is 0 Å². The van der Waals surface area contributed by atoms with Crippen LogP contribution in [0, 0.1) is 6.92 Å². The van der Waals surface area contributed by atoms with Gasteiger partial charge in [-0.1, -0.05) is 22.0 Å². The molecule has 0 aliphatic rings. The molecule has 0 saturated heterocycles. The topological polar surface area (TPSA) is 88.1 Å². The van der Waals surface area contributed by atoms with E-state index >= 15 is 0 Å². The fraction of sp³-hybridized carbons (Fsp3) is 0.158. The van der Waals surface area contributed by atoms with Crippen molar-refractivity contribution in [2.75, 3.05) is 14.2 Å². The average Bonchev–Trinajstić information content (AvgIpc) is 3.34. The van der Waals surface area contributed by atoms with E-state index in [1.165, 1.54) is 0 Å². The number of ether oxygens (including phenoxy) is 2. The first kappa shape index (κ1) is 18.0. The zero-order chi connectivity index (χ0) is 19.7. The van der Waals surface area contributed by atoms with Crippen LogP contribution in [0.3, 0.4) is 0 Å². The summed E-state index contributed by atoms with van der Waals surface area (Å²) in [5, 5.41) is 13.1. The smallest absolute Gasteiger partial charge is 0.280 e. The highest BCUT2D eigenvalue weighted by atomic mass is 35.5. The lowest BCUT2D eigenvalue weighted by Gasteiger charge is -2.11. The quantitative estimate of drug-likeness (QED) is 0.503. The third kappa shape index (κ3) is 3.18. The van der Waals surface area contributed by atoms with Gasteiger partial charge in [0.1, 0.15) is 17.2 Å². The van der Waals surface area contributed by atoms with Crippen molar-refractivity contribution in [3.05, 3.63) is 53.2 Å². The number of hydrogen-bond donors (Lipinski definition) is 0. The van der Waals surface area contributed by atoms with Crippen LogP contribution in [0.2, 0.25) is 5.02 Å². The zero-order valence-electron chi connectivity index (χ0n) is 15.4. The molecule has 9 heteroatoms. The predicted molar refractivity (Wildman–Crippen MR) is 103 cm³/mol. The van der Waals surface area contributed by atoms with Gasteiger partial charge >= 0.3 is 0 Å². The van der Waals surface area contributed by atoms with E-state index in [1.54, 1.807) is 37.1 Å². The van der Waals surface area contributed by atoms with Gasteiger partial charge in [0.25, 0.3) is 5.89 Å². The van der Waals surface area contributed by atoms with E-state index in [4.69, 9.17) is 25.6 Å². The Kier molecular flexibility index (Phi) is 4.70. The highest BCUT2D eigenvalue weighted by Gasteiger charge is 2.20. The van der Waals surface area contributed by atoms with Crippen LogP contribution in [0.4, 0.5) is 0 Å². The Morgan fingerprint density at radius 2 is 1.82 bits per heavy atom. The molecule has 0 radical (unpaired) electrons. The van der Waals surface area contributed by atoms with E-state index in [2.05, 4.69) is 20.5 Å². The molecular weight excluding hydrogens is 382 g/mol. The molecule has 2 aromatic heterocycles. The van der Waals surface area contributed by atoms with Gasteiger partial charge in [0, 0.05) is 16.7 Å². The minimum atomic E-state index is 0.274. The molecule has 0 spiro atoms. The highest BCUT2D eigenvalue weighted by Crippen LogP contribution is 2.30. The number of halogens is 1. The molecule has 0 aliphatic carbocycles. The Morgan fingerprint density at radius 3 is 2.54 bits per heavy atom. The molecule has 0 saturated carbocycles. The molecule has 0 fully saturated rings. The van der Waals surface area contributed by atoms with Gasteiger partial charge in [-0.25, -0.2) is 4.68 Å². The number of aromatic nitrogens is 5. The first-order chi connectivity index (χ1) is 13.6. The Morgan fingerprint density at radius 1 is 1.04 bits per heavy atom. The van der Waals surface area contributed by atoms with Gasteiger partial charge in [0.2, 0.25) is 5.82 Å². The molecule has 8 nitrogen and oxygen atoms in total. The molecular formula is C19H16ClN5O3. The second-order valence-corrected chi connectivity index (χ2v) is 6.34. The molecule has 0 N–H and O–H groups in total. The minimum Gasteiger partial charge on any atom is -0.497 e. The lowest BCUT2D eigenvalue weighted by molar-refractivity contribution is 0.400. The summed E-state index contributed by atoms with van der Waals surface area (Å²) in [7, 11) is 3.19. The number of nitrogens with zero attached hydrogens (tertiary/aromatic N) is 5. The maximum atomic E-state index is 5.92. The summed E-state index contributed by atoms with van der Waals surface area (Å²) in [5.74, 6) is 2.03. The summed E-state index contributed by atoms with van der Waals surface area (Å²) in [4.78, 5) is 4.43. The van der Waals surface area contributed by atoms with E-state index in [0.717, 1.165) is 11.3 Å². The molecule has 28 heavy (non-hydrogen) atoms. The summed E-state index contributed by atoms with van der Waals surface area (Å²) in [6.07, 6.45) is 0. The Hall–Kier alpha value is -3.39. The van der Waals surface area contributed by atoms with E-state index in [0.29, 0.717) is 33.7 Å². The van der Waals surface area contributed by atoms with Gasteiger partial charge in [-0.05, 0) is 43.3 Å². The van der Waals surface area contributed by atoms with Gasteiger partial charge in [-0.15, -0.1) is 5.10 Å². The van der Waals surface area contributed by atoms with Gasteiger partial charge in [-0.3, -0.25) is 0 Å². The Bertz CT molecular complexity index is 1120. The van der Waals surface area contributed by atoms with Gasteiger partial charge in [0.05, 0.1) is 19.9 Å². The van der Waals surface area contributed by atoms with Crippen LogP contribution in [0.5, 0.6) is 11.5 Å². The number of rotatable bonds is 5. The van der Waals surface area contributed by atoms with Crippen molar-refractivity contribution < 1.29 is 14.0 Å². The van der Waals surface area contributed by atoms with Gasteiger partial charge in [-0.2, -0.15) is 4.98 Å². The number of benzene rings is 2. The minimum absolute atomic E-state index is 0.274. The third-order valence-corrected chi connectivity index (χ3v) is 4.49. The lowest BCUT2D eigenvalue weighted by atomic mass is 10.2. The summed E-state index contributed by atoms with van der Waals surface area (Å²) in [6.45, 7) is 1.86. The van der Waals surface area contributed by atoms with Crippen molar-refractivity contribution in [1.82, 2.24) is 25.1 Å². The fourth-order valence-electron chi connectivity index (χ4n) is 2.75. The second-order valence-electron chi connectivity index (χ2n) is 5.90. The maximum Gasteiger partial charge on any atom is 0.280 e. The monoisotopic (exact) mass is 397 g/mol. The van der Waals surface area contributed by atoms with Crippen LogP contribution in [0.25, 0.3) is 28.7 Å². The van der Waals surface area contributed by atoms with Crippen LogP contribution in [0.1, 0.15) is 5.69 Å². The number of methoxy groups -OCH3 is 2. The van der Waals surface area contributed by atoms with E-state index in [1.807, 2.05) is 31.2 Å². The summed E-state index contributed by atoms with van der Waals surface area (Å²) in [6, 6.07) is 12.6. The van der Waals surface area contributed by atoms with Crippen molar-refractivity contribution in [1.29, 1.82) is 0 Å². The Labute approximate surface area is 165 Å². The molecule has 4 rings (SSSR count). The Balaban J connectivity index is 1.73. The average molecular weight is 398 g/mol. The van der Waals surface area contributed by atoms with Crippen molar-refractivity contribution in [3.63, 3.8) is 0 Å². The van der Waals surface area contributed by atoms with Crippen LogP contribution < -0.4 is 9.47 Å². The molecule has 142 valence electrons. The summed E-state index contributed by atoms with van der Waals surface area (Å²) < 4.78 is 17.8. The second kappa shape index (κ2) is 7.32. The fourth-order valence-corrected chi connectivity index (χ4v) is 2.88. The molecule has 0 unspecified atom stereocenters. The molecule has 4 aromatic rings. The molecule has 0 atom stereocenters. The first-order valence-electron chi connectivity index (χ1n) is 8.35. The molecule has 0 aliphatic heterocycles. The maximum absolute atomic E-state index is 5.92. The van der Waals surface area contributed by atoms with Crippen molar-refractivity contribution in [2.24, 2.45) is 0 Å². The standard InChI is InChI=1S/C19H16ClN5O3/c1-11-17(19-21-18(23-28-19)12-4-6-13(20)7-5-12)22-24-25(11)15-10-14(26-2)8-9-16(15)27-3/h4-10H,1-3H3. The summed E-state index contributed by atoms with van der Waals surface area (Å²) >= 11 is 5.92. The van der Waals surface area contributed by atoms with Crippen LogP contribution in [-0.4, -0.2) is 39.4 Å². The molecule has 0 bridgehead atoms. The zero-order valence-corrected chi connectivity index (χ0v) is 16.1. The van der Waals surface area contributed by atoms with Crippen LogP contribution in [0.15, 0.2) is 47.0 Å². The van der Waals surface area contributed by atoms with Crippen molar-refractivity contribution >= 4 is 11.6 Å². The SMILES string of the molecule is COc1ccc(OC)c(-n2nnc(-c3nc(-c4ccc(Cl)cc4)no3)c2C)c1. The van der Waals surface area contributed by atoms with Crippen LogP contribution in [-0.2, 0) is 0 Å². The van der Waals surface area contributed by atoms with Crippen molar-refractivity contribution in [3.8, 4) is 40.2 Å². The predicted octanol–water partition coefficient (Wildman–Crippen LogP) is 3.96. The van der Waals surface area contributed by atoms with Gasteiger partial charge in [0.15, 0.2) is 5.69 Å². The third-order valence-electron chi connectivity index (χ3n) is 4.24. The van der Waals surface area contributed by atoms with E-state index in [-0.39, 0.29) is 5.89 Å².